The maximum absolute atomic E-state index is 11.7. The lowest BCUT2D eigenvalue weighted by Crippen LogP contribution is -2.21. The standard InChI is InChI=1S/C20H22N4O/c1-2-13-12-23-19-15(9-6-10-16(19)20(22)25)18(13)24-17(11-21)14-7-4-3-5-8-14/h3-10,12,17H,2,11,21H2,1H3,(H2,22,25)(H,23,24). The van der Waals surface area contributed by atoms with Crippen molar-refractivity contribution in [1.29, 1.82) is 0 Å². The van der Waals surface area contributed by atoms with Gasteiger partial charge in [0.05, 0.1) is 17.1 Å². The van der Waals surface area contributed by atoms with E-state index in [1.54, 1.807) is 12.3 Å². The van der Waals surface area contributed by atoms with E-state index in [9.17, 15) is 4.79 Å². The first-order valence-corrected chi connectivity index (χ1v) is 8.37. The Kier molecular flexibility index (Phi) is 4.95. The largest absolute Gasteiger partial charge is 0.376 e. The van der Waals surface area contributed by atoms with E-state index in [4.69, 9.17) is 11.5 Å². The molecule has 2 aromatic carbocycles. The van der Waals surface area contributed by atoms with E-state index in [0.29, 0.717) is 17.6 Å². The number of nitrogens with one attached hydrogen (secondary N) is 1. The lowest BCUT2D eigenvalue weighted by molar-refractivity contribution is 0.100. The van der Waals surface area contributed by atoms with E-state index in [2.05, 4.69) is 17.2 Å². The first kappa shape index (κ1) is 16.9. The minimum atomic E-state index is -0.480. The molecule has 5 heteroatoms. The summed E-state index contributed by atoms with van der Waals surface area (Å²) in [6.07, 6.45) is 2.62. The van der Waals surface area contributed by atoms with Crippen molar-refractivity contribution >= 4 is 22.5 Å². The highest BCUT2D eigenvalue weighted by Crippen LogP contribution is 2.31. The van der Waals surface area contributed by atoms with Crippen molar-refractivity contribution in [1.82, 2.24) is 4.98 Å². The van der Waals surface area contributed by atoms with Crippen molar-refractivity contribution in [3.8, 4) is 0 Å². The molecule has 1 amide bonds. The summed E-state index contributed by atoms with van der Waals surface area (Å²) >= 11 is 0. The first-order valence-electron chi connectivity index (χ1n) is 8.37. The van der Waals surface area contributed by atoms with Gasteiger partial charge in [-0.05, 0) is 23.6 Å². The van der Waals surface area contributed by atoms with Gasteiger partial charge in [0.25, 0.3) is 5.91 Å². The average molecular weight is 334 g/mol. The van der Waals surface area contributed by atoms with Crippen LogP contribution in [0.3, 0.4) is 0 Å². The van der Waals surface area contributed by atoms with Gasteiger partial charge in [0.1, 0.15) is 0 Å². The number of primary amides is 1. The Morgan fingerprint density at radius 1 is 1.16 bits per heavy atom. The average Bonchev–Trinajstić information content (AvgIpc) is 2.65. The summed E-state index contributed by atoms with van der Waals surface area (Å²) in [5.41, 5.74) is 15.7. The molecule has 0 radical (unpaired) electrons. The van der Waals surface area contributed by atoms with Crippen molar-refractivity contribution in [2.24, 2.45) is 11.5 Å². The molecule has 0 saturated heterocycles. The Bertz CT molecular complexity index is 893. The summed E-state index contributed by atoms with van der Waals surface area (Å²) in [5.74, 6) is -0.480. The van der Waals surface area contributed by atoms with Crippen molar-refractivity contribution in [3.63, 3.8) is 0 Å². The molecule has 3 rings (SSSR count). The van der Waals surface area contributed by atoms with Gasteiger partial charge >= 0.3 is 0 Å². The SMILES string of the molecule is CCc1cnc2c(C(N)=O)cccc2c1NC(CN)c1ccccc1. The van der Waals surface area contributed by atoms with Gasteiger partial charge in [0, 0.05) is 23.8 Å². The molecule has 1 heterocycles. The second-order valence-corrected chi connectivity index (χ2v) is 5.92. The van der Waals surface area contributed by atoms with Crippen LogP contribution in [0.4, 0.5) is 5.69 Å². The Hall–Kier alpha value is -2.92. The number of amides is 1. The van der Waals surface area contributed by atoms with Gasteiger partial charge in [-0.25, -0.2) is 0 Å². The van der Waals surface area contributed by atoms with Crippen LogP contribution in [0.25, 0.3) is 10.9 Å². The number of hydrogen-bond donors (Lipinski definition) is 3. The molecule has 0 aliphatic heterocycles. The second kappa shape index (κ2) is 7.32. The number of fused-ring (bicyclic) bond motifs is 1. The summed E-state index contributed by atoms with van der Waals surface area (Å²) in [7, 11) is 0. The maximum Gasteiger partial charge on any atom is 0.250 e. The molecule has 0 saturated carbocycles. The van der Waals surface area contributed by atoms with Gasteiger partial charge in [0.15, 0.2) is 0 Å². The van der Waals surface area contributed by atoms with Crippen molar-refractivity contribution in [2.75, 3.05) is 11.9 Å². The molecule has 128 valence electrons. The Morgan fingerprint density at radius 2 is 1.92 bits per heavy atom. The van der Waals surface area contributed by atoms with Crippen LogP contribution in [-0.4, -0.2) is 17.4 Å². The molecule has 0 aliphatic rings. The Balaban J connectivity index is 2.13. The molecule has 5 nitrogen and oxygen atoms in total. The van der Waals surface area contributed by atoms with E-state index in [1.165, 1.54) is 0 Å². The van der Waals surface area contributed by atoms with E-state index in [0.717, 1.165) is 28.6 Å². The molecule has 25 heavy (non-hydrogen) atoms. The number of carbonyl (C=O) groups is 1. The van der Waals surface area contributed by atoms with Crippen molar-refractivity contribution < 1.29 is 4.79 Å². The van der Waals surface area contributed by atoms with Gasteiger partial charge in [-0.1, -0.05) is 49.4 Å². The van der Waals surface area contributed by atoms with Crippen molar-refractivity contribution in [3.05, 3.63) is 71.4 Å². The molecule has 1 unspecified atom stereocenters. The molecule has 3 aromatic rings. The number of nitrogens with two attached hydrogens (primary N) is 2. The fourth-order valence-electron chi connectivity index (χ4n) is 3.04. The zero-order valence-electron chi connectivity index (χ0n) is 14.2. The fourth-order valence-corrected chi connectivity index (χ4v) is 3.04. The fraction of sp³-hybridized carbons (Fsp3) is 0.200. The highest BCUT2D eigenvalue weighted by molar-refractivity contribution is 6.08. The molecule has 0 fully saturated rings. The highest BCUT2D eigenvalue weighted by Gasteiger charge is 2.16. The summed E-state index contributed by atoms with van der Waals surface area (Å²) in [6, 6.07) is 15.5. The van der Waals surface area contributed by atoms with Crippen LogP contribution in [-0.2, 0) is 6.42 Å². The number of para-hydroxylation sites is 1. The number of carbonyl (C=O) groups excluding carboxylic acids is 1. The minimum Gasteiger partial charge on any atom is -0.376 e. The number of aryl methyl sites for hydroxylation is 1. The maximum atomic E-state index is 11.7. The number of benzene rings is 2. The van der Waals surface area contributed by atoms with Gasteiger partial charge < -0.3 is 16.8 Å². The van der Waals surface area contributed by atoms with E-state index in [-0.39, 0.29) is 6.04 Å². The summed E-state index contributed by atoms with van der Waals surface area (Å²) < 4.78 is 0. The van der Waals surface area contributed by atoms with Crippen molar-refractivity contribution in [2.45, 2.75) is 19.4 Å². The van der Waals surface area contributed by atoms with E-state index >= 15 is 0 Å². The van der Waals surface area contributed by atoms with E-state index < -0.39 is 5.91 Å². The third kappa shape index (κ3) is 3.32. The number of rotatable bonds is 6. The number of nitrogens with zero attached hydrogens (tertiary/aromatic N) is 1. The van der Waals surface area contributed by atoms with Crippen LogP contribution in [0.1, 0.15) is 34.5 Å². The highest BCUT2D eigenvalue weighted by atomic mass is 16.1. The predicted molar refractivity (Wildman–Crippen MR) is 101 cm³/mol. The van der Waals surface area contributed by atoms with Gasteiger partial charge in [0.2, 0.25) is 0 Å². The molecule has 1 atom stereocenters. The Labute approximate surface area is 147 Å². The summed E-state index contributed by atoms with van der Waals surface area (Å²) in [4.78, 5) is 16.2. The lowest BCUT2D eigenvalue weighted by atomic mass is 10.0. The van der Waals surface area contributed by atoms with Gasteiger partial charge in [-0.15, -0.1) is 0 Å². The summed E-state index contributed by atoms with van der Waals surface area (Å²) in [5, 5.41) is 4.44. The third-order valence-electron chi connectivity index (χ3n) is 4.38. The molecule has 5 N–H and O–H groups in total. The normalized spacial score (nSPS) is 12.1. The number of pyridine rings is 1. The number of aromatic nitrogens is 1. The van der Waals surface area contributed by atoms with Crippen LogP contribution in [0, 0.1) is 0 Å². The third-order valence-corrected chi connectivity index (χ3v) is 4.38. The van der Waals surface area contributed by atoms with Crippen LogP contribution in [0.15, 0.2) is 54.7 Å². The molecular formula is C20H22N4O. The predicted octanol–water partition coefficient (Wildman–Crippen LogP) is 3.01. The number of anilines is 1. The van der Waals surface area contributed by atoms with E-state index in [1.807, 2.05) is 42.5 Å². The zero-order chi connectivity index (χ0) is 17.8. The topological polar surface area (TPSA) is 94.0 Å². The molecule has 0 bridgehead atoms. The van der Waals surface area contributed by atoms with Gasteiger partial charge in [-0.3, -0.25) is 9.78 Å². The van der Waals surface area contributed by atoms with Crippen LogP contribution in [0.2, 0.25) is 0 Å². The van der Waals surface area contributed by atoms with Crippen LogP contribution in [0.5, 0.6) is 0 Å². The zero-order valence-corrected chi connectivity index (χ0v) is 14.2. The lowest BCUT2D eigenvalue weighted by Gasteiger charge is -2.22. The Morgan fingerprint density at radius 3 is 2.56 bits per heavy atom. The number of hydrogen-bond acceptors (Lipinski definition) is 4. The van der Waals surface area contributed by atoms with Gasteiger partial charge in [-0.2, -0.15) is 0 Å². The molecular weight excluding hydrogens is 312 g/mol. The first-order chi connectivity index (χ1) is 12.2. The monoisotopic (exact) mass is 334 g/mol. The smallest absolute Gasteiger partial charge is 0.250 e. The molecule has 0 aliphatic carbocycles. The second-order valence-electron chi connectivity index (χ2n) is 5.92. The quantitative estimate of drug-likeness (QED) is 0.646. The summed E-state index contributed by atoms with van der Waals surface area (Å²) in [6.45, 7) is 2.53. The molecule has 0 spiro atoms. The molecule has 1 aromatic heterocycles. The van der Waals surface area contributed by atoms with Crippen LogP contribution < -0.4 is 16.8 Å². The minimum absolute atomic E-state index is 0.0330. The van der Waals surface area contributed by atoms with Crippen LogP contribution >= 0.6 is 0 Å².